The third kappa shape index (κ3) is 2.46. The predicted molar refractivity (Wildman–Crippen MR) is 66.9 cm³/mol. The van der Waals surface area contributed by atoms with Gasteiger partial charge in [-0.1, -0.05) is 5.16 Å². The fourth-order valence-electron chi connectivity index (χ4n) is 1.90. The molecule has 4 rings (SSSR count). The lowest BCUT2D eigenvalue weighted by molar-refractivity contribution is 0.263. The fourth-order valence-corrected chi connectivity index (χ4v) is 1.90. The topological polar surface area (TPSA) is 60.7 Å². The monoisotopic (exact) mass is 258 g/mol. The molecule has 1 saturated heterocycles. The molecule has 19 heavy (non-hydrogen) atoms. The van der Waals surface area contributed by atoms with Crippen molar-refractivity contribution in [2.45, 2.75) is 24.9 Å². The van der Waals surface area contributed by atoms with Crippen LogP contribution in [0.3, 0.4) is 0 Å². The van der Waals surface area contributed by atoms with Crippen molar-refractivity contribution in [2.24, 2.45) is 0 Å². The molecule has 1 aromatic carbocycles. The van der Waals surface area contributed by atoms with E-state index in [4.69, 9.17) is 14.0 Å². The highest BCUT2D eigenvalue weighted by Gasteiger charge is 2.29. The zero-order chi connectivity index (χ0) is 12.7. The van der Waals surface area contributed by atoms with E-state index in [0.29, 0.717) is 18.3 Å². The van der Waals surface area contributed by atoms with E-state index in [1.807, 2.05) is 24.3 Å². The molecule has 2 heterocycles. The maximum atomic E-state index is 5.58. The third-order valence-corrected chi connectivity index (χ3v) is 3.32. The molecule has 0 N–H and O–H groups in total. The van der Waals surface area contributed by atoms with Crippen LogP contribution in [0.2, 0.25) is 0 Å². The van der Waals surface area contributed by atoms with E-state index < -0.39 is 0 Å². The minimum absolute atomic E-state index is 0.276. The predicted octanol–water partition coefficient (Wildman–Crippen LogP) is 2.39. The SMILES string of the molecule is c1cc(-c2noc(C3CC3)n2)ccc1OCC1CO1. The van der Waals surface area contributed by atoms with E-state index in [2.05, 4.69) is 10.1 Å². The normalized spacial score (nSPS) is 21.4. The highest BCUT2D eigenvalue weighted by atomic mass is 16.6. The lowest BCUT2D eigenvalue weighted by atomic mass is 10.2. The van der Waals surface area contributed by atoms with Crippen LogP contribution in [-0.4, -0.2) is 29.5 Å². The Morgan fingerprint density at radius 1 is 1.21 bits per heavy atom. The van der Waals surface area contributed by atoms with Gasteiger partial charge in [0, 0.05) is 11.5 Å². The van der Waals surface area contributed by atoms with Gasteiger partial charge < -0.3 is 14.0 Å². The van der Waals surface area contributed by atoms with Crippen LogP contribution >= 0.6 is 0 Å². The summed E-state index contributed by atoms with van der Waals surface area (Å²) in [5.74, 6) is 2.74. The van der Waals surface area contributed by atoms with Crippen LogP contribution < -0.4 is 4.74 Å². The molecule has 0 bridgehead atoms. The molecule has 1 aliphatic heterocycles. The zero-order valence-corrected chi connectivity index (χ0v) is 10.4. The van der Waals surface area contributed by atoms with Crippen molar-refractivity contribution in [3.63, 3.8) is 0 Å². The van der Waals surface area contributed by atoms with E-state index in [9.17, 15) is 0 Å². The van der Waals surface area contributed by atoms with E-state index in [1.54, 1.807) is 0 Å². The number of hydrogen-bond donors (Lipinski definition) is 0. The quantitative estimate of drug-likeness (QED) is 0.771. The lowest BCUT2D eigenvalue weighted by Crippen LogP contribution is -2.03. The highest BCUT2D eigenvalue weighted by Crippen LogP contribution is 2.39. The van der Waals surface area contributed by atoms with Gasteiger partial charge in [0.25, 0.3) is 0 Å². The molecule has 98 valence electrons. The second-order valence-electron chi connectivity index (χ2n) is 5.02. The molecule has 2 fully saturated rings. The van der Waals surface area contributed by atoms with E-state index in [1.165, 1.54) is 0 Å². The zero-order valence-electron chi connectivity index (χ0n) is 10.4. The Balaban J connectivity index is 1.46. The van der Waals surface area contributed by atoms with Crippen molar-refractivity contribution in [3.05, 3.63) is 30.2 Å². The van der Waals surface area contributed by atoms with Crippen molar-refractivity contribution >= 4 is 0 Å². The van der Waals surface area contributed by atoms with Crippen LogP contribution in [0.4, 0.5) is 0 Å². The van der Waals surface area contributed by atoms with Crippen LogP contribution in [0, 0.1) is 0 Å². The standard InChI is InChI=1S/C14H14N2O3/c1-2-10(1)14-15-13(16-19-14)9-3-5-11(6-4-9)17-7-12-8-18-12/h3-6,10,12H,1-2,7-8H2. The number of ether oxygens (including phenoxy) is 2. The smallest absolute Gasteiger partial charge is 0.230 e. The van der Waals surface area contributed by atoms with Gasteiger partial charge in [-0.25, -0.2) is 0 Å². The number of aromatic nitrogens is 2. The Morgan fingerprint density at radius 3 is 2.68 bits per heavy atom. The summed E-state index contributed by atoms with van der Waals surface area (Å²) >= 11 is 0. The van der Waals surface area contributed by atoms with Crippen molar-refractivity contribution in [2.75, 3.05) is 13.2 Å². The number of rotatable bonds is 5. The summed E-state index contributed by atoms with van der Waals surface area (Å²) in [4.78, 5) is 4.42. The first-order chi connectivity index (χ1) is 9.38. The van der Waals surface area contributed by atoms with Crippen molar-refractivity contribution in [1.82, 2.24) is 10.1 Å². The molecule has 5 heteroatoms. The second kappa shape index (κ2) is 4.35. The van der Waals surface area contributed by atoms with E-state index in [-0.39, 0.29) is 6.10 Å². The summed E-state index contributed by atoms with van der Waals surface area (Å²) in [6.45, 7) is 1.43. The van der Waals surface area contributed by atoms with Crippen LogP contribution in [0.15, 0.2) is 28.8 Å². The molecule has 2 aromatic rings. The van der Waals surface area contributed by atoms with Crippen molar-refractivity contribution in [3.8, 4) is 17.1 Å². The number of epoxide rings is 1. The van der Waals surface area contributed by atoms with Gasteiger partial charge in [0.15, 0.2) is 0 Å². The molecular formula is C14H14N2O3. The van der Waals surface area contributed by atoms with Gasteiger partial charge in [0.1, 0.15) is 18.5 Å². The Labute approximate surface area is 110 Å². The van der Waals surface area contributed by atoms with Gasteiger partial charge in [0.2, 0.25) is 11.7 Å². The lowest BCUT2D eigenvalue weighted by Gasteiger charge is -2.03. The number of hydrogen-bond acceptors (Lipinski definition) is 5. The Kier molecular flexibility index (Phi) is 2.51. The van der Waals surface area contributed by atoms with Gasteiger partial charge in [0.05, 0.1) is 6.61 Å². The minimum Gasteiger partial charge on any atom is -0.491 e. The van der Waals surface area contributed by atoms with E-state index >= 15 is 0 Å². The average Bonchev–Trinajstić information content (AvgIpc) is 3.37. The summed E-state index contributed by atoms with van der Waals surface area (Å²) in [5, 5.41) is 4.01. The Bertz CT molecular complexity index is 571. The molecule has 2 aliphatic rings. The summed E-state index contributed by atoms with van der Waals surface area (Å²) in [7, 11) is 0. The van der Waals surface area contributed by atoms with Gasteiger partial charge in [-0.05, 0) is 37.1 Å². The molecule has 1 aromatic heterocycles. The van der Waals surface area contributed by atoms with Crippen LogP contribution in [-0.2, 0) is 4.74 Å². The number of benzene rings is 1. The van der Waals surface area contributed by atoms with Gasteiger partial charge >= 0.3 is 0 Å². The minimum atomic E-state index is 0.276. The molecule has 1 saturated carbocycles. The largest absolute Gasteiger partial charge is 0.491 e. The van der Waals surface area contributed by atoms with E-state index in [0.717, 1.165) is 36.7 Å². The van der Waals surface area contributed by atoms with Crippen LogP contribution in [0.5, 0.6) is 5.75 Å². The third-order valence-electron chi connectivity index (χ3n) is 3.32. The Hall–Kier alpha value is -1.88. The first-order valence-electron chi connectivity index (χ1n) is 6.57. The second-order valence-corrected chi connectivity index (χ2v) is 5.02. The van der Waals surface area contributed by atoms with Crippen molar-refractivity contribution in [1.29, 1.82) is 0 Å². The average molecular weight is 258 g/mol. The van der Waals surface area contributed by atoms with Gasteiger partial charge in [-0.15, -0.1) is 0 Å². The summed E-state index contributed by atoms with van der Waals surface area (Å²) < 4.78 is 15.9. The molecule has 0 amide bonds. The highest BCUT2D eigenvalue weighted by molar-refractivity contribution is 5.55. The molecule has 0 spiro atoms. The summed E-state index contributed by atoms with van der Waals surface area (Å²) in [5.41, 5.74) is 0.950. The molecule has 1 aliphatic carbocycles. The first-order valence-corrected chi connectivity index (χ1v) is 6.57. The fraction of sp³-hybridized carbons (Fsp3) is 0.429. The molecular weight excluding hydrogens is 244 g/mol. The first kappa shape index (κ1) is 11.0. The van der Waals surface area contributed by atoms with Crippen LogP contribution in [0.25, 0.3) is 11.4 Å². The molecule has 0 radical (unpaired) electrons. The molecule has 1 atom stereocenters. The molecule has 1 unspecified atom stereocenters. The summed E-state index contributed by atoms with van der Waals surface area (Å²) in [6, 6.07) is 7.74. The summed E-state index contributed by atoms with van der Waals surface area (Å²) in [6.07, 6.45) is 2.60. The molecule has 5 nitrogen and oxygen atoms in total. The number of nitrogens with zero attached hydrogens (tertiary/aromatic N) is 2. The van der Waals surface area contributed by atoms with Gasteiger partial charge in [-0.2, -0.15) is 4.98 Å². The Morgan fingerprint density at radius 2 is 2.00 bits per heavy atom. The van der Waals surface area contributed by atoms with Crippen molar-refractivity contribution < 1.29 is 14.0 Å². The van der Waals surface area contributed by atoms with Gasteiger partial charge in [-0.3, -0.25) is 0 Å². The maximum Gasteiger partial charge on any atom is 0.230 e. The van der Waals surface area contributed by atoms with Crippen LogP contribution in [0.1, 0.15) is 24.7 Å². The maximum absolute atomic E-state index is 5.58.